The highest BCUT2D eigenvalue weighted by Crippen LogP contribution is 2.30. The molecule has 1 unspecified atom stereocenters. The van der Waals surface area contributed by atoms with E-state index < -0.39 is 18.3 Å². The van der Waals surface area contributed by atoms with Gasteiger partial charge in [-0.25, -0.2) is 0 Å². The molecule has 0 heterocycles. The van der Waals surface area contributed by atoms with Crippen LogP contribution < -0.4 is 19.5 Å². The Balaban J connectivity index is 1.38. The molecule has 2 aromatic rings. The van der Waals surface area contributed by atoms with Crippen LogP contribution in [-0.4, -0.2) is 66.5 Å². The number of aliphatic hydroxyl groups is 3. The van der Waals surface area contributed by atoms with Gasteiger partial charge in [-0.1, -0.05) is 24.3 Å². The molecule has 0 amide bonds. The summed E-state index contributed by atoms with van der Waals surface area (Å²) in [6.45, 7) is 4.03. The normalized spacial score (nSPS) is 19.1. The van der Waals surface area contributed by atoms with Gasteiger partial charge < -0.3 is 34.8 Å². The summed E-state index contributed by atoms with van der Waals surface area (Å²) in [5.41, 5.74) is 1.87. The molecule has 0 saturated heterocycles. The van der Waals surface area contributed by atoms with Crippen LogP contribution in [0.3, 0.4) is 0 Å². The fraction of sp³-hybridized carbons (Fsp3) is 0.478. The molecule has 0 aliphatic heterocycles. The topological polar surface area (TPSA) is 100 Å². The van der Waals surface area contributed by atoms with Crippen molar-refractivity contribution >= 4 is 0 Å². The molecule has 4 N–H and O–H groups in total. The molecule has 30 heavy (non-hydrogen) atoms. The van der Waals surface area contributed by atoms with Gasteiger partial charge in [-0.05, 0) is 30.7 Å². The molecular weight excluding hydrogens is 386 g/mol. The summed E-state index contributed by atoms with van der Waals surface area (Å²) in [6, 6.07) is 13.2. The van der Waals surface area contributed by atoms with Crippen molar-refractivity contribution in [3.63, 3.8) is 0 Å². The zero-order chi connectivity index (χ0) is 21.3. The Morgan fingerprint density at radius 3 is 2.40 bits per heavy atom. The van der Waals surface area contributed by atoms with E-state index in [1.165, 1.54) is 0 Å². The molecule has 164 valence electrons. The van der Waals surface area contributed by atoms with Crippen LogP contribution in [0.1, 0.15) is 18.1 Å². The van der Waals surface area contributed by atoms with E-state index in [4.69, 9.17) is 14.2 Å². The maximum absolute atomic E-state index is 10.2. The van der Waals surface area contributed by atoms with Crippen molar-refractivity contribution in [1.29, 1.82) is 0 Å². The van der Waals surface area contributed by atoms with Crippen LogP contribution in [0.2, 0.25) is 0 Å². The third-order valence-corrected chi connectivity index (χ3v) is 5.01. The first kappa shape index (κ1) is 22.4. The van der Waals surface area contributed by atoms with Crippen LogP contribution in [0.15, 0.2) is 42.5 Å². The number of ether oxygens (including phenoxy) is 3. The summed E-state index contributed by atoms with van der Waals surface area (Å²) < 4.78 is 17.1. The number of hydrogen-bond acceptors (Lipinski definition) is 7. The quantitative estimate of drug-likeness (QED) is 0.409. The first-order chi connectivity index (χ1) is 14.6. The van der Waals surface area contributed by atoms with Crippen LogP contribution in [-0.2, 0) is 12.8 Å². The van der Waals surface area contributed by atoms with Crippen molar-refractivity contribution in [2.75, 3.05) is 32.9 Å². The lowest BCUT2D eigenvalue weighted by atomic mass is 9.87. The minimum atomic E-state index is -0.790. The summed E-state index contributed by atoms with van der Waals surface area (Å²) in [6.07, 6.45) is -1.46. The second-order valence-corrected chi connectivity index (χ2v) is 7.33. The Kier molecular flexibility index (Phi) is 8.33. The zero-order valence-electron chi connectivity index (χ0n) is 17.3. The lowest BCUT2D eigenvalue weighted by Gasteiger charge is -2.27. The summed E-state index contributed by atoms with van der Waals surface area (Å²) in [5, 5.41) is 33.1. The van der Waals surface area contributed by atoms with Crippen molar-refractivity contribution in [3.05, 3.63) is 53.6 Å². The van der Waals surface area contributed by atoms with Gasteiger partial charge in [0.15, 0.2) is 11.5 Å². The van der Waals surface area contributed by atoms with Gasteiger partial charge in [0, 0.05) is 31.5 Å². The zero-order valence-corrected chi connectivity index (χ0v) is 17.3. The van der Waals surface area contributed by atoms with Gasteiger partial charge in [-0.15, -0.1) is 0 Å². The van der Waals surface area contributed by atoms with Crippen molar-refractivity contribution in [2.24, 2.45) is 0 Å². The highest BCUT2D eigenvalue weighted by molar-refractivity contribution is 5.43. The van der Waals surface area contributed by atoms with Crippen LogP contribution in [0.4, 0.5) is 0 Å². The Hall–Kier alpha value is -2.32. The summed E-state index contributed by atoms with van der Waals surface area (Å²) in [7, 11) is 0. The van der Waals surface area contributed by atoms with Crippen LogP contribution in [0, 0.1) is 0 Å². The number of rotatable bonds is 11. The molecule has 0 saturated carbocycles. The van der Waals surface area contributed by atoms with Gasteiger partial charge in [0.05, 0.1) is 18.8 Å². The van der Waals surface area contributed by atoms with E-state index in [9.17, 15) is 15.3 Å². The average molecular weight is 418 g/mol. The predicted octanol–water partition coefficient (Wildman–Crippen LogP) is 1.31. The van der Waals surface area contributed by atoms with E-state index in [2.05, 4.69) is 5.32 Å². The Labute approximate surface area is 177 Å². The number of fused-ring (bicyclic) bond motifs is 1. The second-order valence-electron chi connectivity index (χ2n) is 7.33. The van der Waals surface area contributed by atoms with Gasteiger partial charge in [0.1, 0.15) is 25.1 Å². The summed E-state index contributed by atoms with van der Waals surface area (Å²) in [4.78, 5) is 0. The summed E-state index contributed by atoms with van der Waals surface area (Å²) >= 11 is 0. The highest BCUT2D eigenvalue weighted by atomic mass is 16.5. The monoisotopic (exact) mass is 417 g/mol. The van der Waals surface area contributed by atoms with Gasteiger partial charge in [-0.2, -0.15) is 0 Å². The van der Waals surface area contributed by atoms with Gasteiger partial charge in [0.25, 0.3) is 0 Å². The summed E-state index contributed by atoms with van der Waals surface area (Å²) in [5.74, 6) is 2.07. The molecular formula is C23H31NO6. The molecule has 7 heteroatoms. The maximum Gasteiger partial charge on any atom is 0.161 e. The number of para-hydroxylation sites is 2. The number of benzene rings is 2. The molecule has 1 aliphatic rings. The van der Waals surface area contributed by atoms with Gasteiger partial charge in [-0.3, -0.25) is 0 Å². The Morgan fingerprint density at radius 1 is 0.933 bits per heavy atom. The van der Waals surface area contributed by atoms with E-state index in [1.54, 1.807) is 0 Å². The van der Waals surface area contributed by atoms with Crippen molar-refractivity contribution in [2.45, 2.75) is 38.1 Å². The van der Waals surface area contributed by atoms with E-state index in [0.717, 1.165) is 16.9 Å². The number of hydrogen-bond donors (Lipinski definition) is 4. The lowest BCUT2D eigenvalue weighted by Crippen LogP contribution is -2.35. The Morgan fingerprint density at radius 2 is 1.63 bits per heavy atom. The fourth-order valence-corrected chi connectivity index (χ4v) is 3.47. The highest BCUT2D eigenvalue weighted by Gasteiger charge is 2.27. The minimum absolute atomic E-state index is 0.135. The minimum Gasteiger partial charge on any atom is -0.491 e. The smallest absolute Gasteiger partial charge is 0.161 e. The lowest BCUT2D eigenvalue weighted by molar-refractivity contribution is 0.0132. The third kappa shape index (κ3) is 6.09. The third-order valence-electron chi connectivity index (χ3n) is 5.01. The standard InChI is InChI=1S/C23H31NO6/c1-2-28-22-7-3-4-8-23(22)29-11-10-24-14-17(25)15-30-21-9-5-6-16-12-19(26)20(27)13-18(16)21/h3-9,17,19-20,24-27H,2,10-15H2,1H3/t17?,19-,20+/m1/s1. The molecule has 0 bridgehead atoms. The van der Waals surface area contributed by atoms with Crippen LogP contribution in [0.25, 0.3) is 0 Å². The SMILES string of the molecule is CCOc1ccccc1OCCNCC(O)COc1cccc2c1C[C@H](O)[C@H](O)C2. The molecule has 0 radical (unpaired) electrons. The van der Waals surface area contributed by atoms with Gasteiger partial charge in [0.2, 0.25) is 0 Å². The van der Waals surface area contributed by atoms with Crippen molar-refractivity contribution in [1.82, 2.24) is 5.32 Å². The van der Waals surface area contributed by atoms with Crippen LogP contribution >= 0.6 is 0 Å². The maximum atomic E-state index is 10.2. The molecule has 2 aromatic carbocycles. The molecule has 0 fully saturated rings. The largest absolute Gasteiger partial charge is 0.491 e. The molecule has 0 spiro atoms. The predicted molar refractivity (Wildman–Crippen MR) is 113 cm³/mol. The van der Waals surface area contributed by atoms with E-state index in [1.807, 2.05) is 49.4 Å². The Bertz CT molecular complexity index is 799. The molecule has 7 nitrogen and oxygen atoms in total. The van der Waals surface area contributed by atoms with E-state index in [-0.39, 0.29) is 6.61 Å². The molecule has 1 aliphatic carbocycles. The van der Waals surface area contributed by atoms with Crippen LogP contribution in [0.5, 0.6) is 17.2 Å². The first-order valence-corrected chi connectivity index (χ1v) is 10.4. The van der Waals surface area contributed by atoms with Crippen molar-refractivity contribution in [3.8, 4) is 17.2 Å². The average Bonchev–Trinajstić information content (AvgIpc) is 2.74. The molecule has 3 rings (SSSR count). The number of aliphatic hydroxyl groups excluding tert-OH is 3. The van der Waals surface area contributed by atoms with E-state index >= 15 is 0 Å². The molecule has 0 aromatic heterocycles. The fourth-order valence-electron chi connectivity index (χ4n) is 3.47. The second kappa shape index (κ2) is 11.2. The first-order valence-electron chi connectivity index (χ1n) is 10.4. The molecule has 3 atom stereocenters. The van der Waals surface area contributed by atoms with Gasteiger partial charge >= 0.3 is 0 Å². The van der Waals surface area contributed by atoms with Crippen molar-refractivity contribution < 1.29 is 29.5 Å². The van der Waals surface area contributed by atoms with E-state index in [0.29, 0.717) is 50.6 Å². The number of nitrogens with one attached hydrogen (secondary N) is 1.